The SMILES string of the molecule is COc1cccc(C(O)c2cc(Cl)cc(C(C)C)c2NC(=O)C(C)(C)C)c1Cl. The van der Waals surface area contributed by atoms with Crippen molar-refractivity contribution in [2.45, 2.75) is 46.6 Å². The zero-order valence-corrected chi connectivity index (χ0v) is 18.6. The van der Waals surface area contributed by atoms with Crippen LogP contribution in [0.5, 0.6) is 5.75 Å². The fourth-order valence-corrected chi connectivity index (χ4v) is 3.37. The van der Waals surface area contributed by atoms with E-state index in [0.29, 0.717) is 32.6 Å². The number of amides is 1. The Morgan fingerprint density at radius 1 is 1.11 bits per heavy atom. The van der Waals surface area contributed by atoms with Gasteiger partial charge >= 0.3 is 0 Å². The first-order chi connectivity index (χ1) is 13.0. The first kappa shape index (κ1) is 22.5. The Morgan fingerprint density at radius 3 is 2.25 bits per heavy atom. The van der Waals surface area contributed by atoms with Gasteiger partial charge in [-0.2, -0.15) is 0 Å². The maximum atomic E-state index is 12.7. The van der Waals surface area contributed by atoms with Gasteiger partial charge in [0.15, 0.2) is 0 Å². The van der Waals surface area contributed by atoms with Crippen molar-refractivity contribution in [1.82, 2.24) is 0 Å². The number of rotatable bonds is 5. The van der Waals surface area contributed by atoms with Gasteiger partial charge in [0.2, 0.25) is 5.91 Å². The molecule has 0 saturated heterocycles. The van der Waals surface area contributed by atoms with Crippen LogP contribution in [0.2, 0.25) is 10.0 Å². The Morgan fingerprint density at radius 2 is 1.71 bits per heavy atom. The van der Waals surface area contributed by atoms with Gasteiger partial charge in [-0.25, -0.2) is 0 Å². The molecule has 0 aliphatic heterocycles. The van der Waals surface area contributed by atoms with E-state index in [1.807, 2.05) is 40.7 Å². The van der Waals surface area contributed by atoms with Crippen LogP contribution in [-0.2, 0) is 4.79 Å². The lowest BCUT2D eigenvalue weighted by Gasteiger charge is -2.25. The van der Waals surface area contributed by atoms with E-state index < -0.39 is 11.5 Å². The molecule has 0 saturated carbocycles. The summed E-state index contributed by atoms with van der Waals surface area (Å²) in [5, 5.41) is 15.0. The van der Waals surface area contributed by atoms with E-state index in [9.17, 15) is 9.90 Å². The number of carbonyl (C=O) groups excluding carboxylic acids is 1. The normalized spacial score (nSPS) is 12.8. The highest BCUT2D eigenvalue weighted by Crippen LogP contribution is 2.41. The molecule has 0 spiro atoms. The molecule has 28 heavy (non-hydrogen) atoms. The molecule has 2 aromatic carbocycles. The van der Waals surface area contributed by atoms with Gasteiger partial charge in [-0.3, -0.25) is 4.79 Å². The summed E-state index contributed by atoms with van der Waals surface area (Å²) in [6, 6.07) is 8.67. The maximum absolute atomic E-state index is 12.7. The van der Waals surface area contributed by atoms with E-state index in [1.54, 1.807) is 24.3 Å². The number of methoxy groups -OCH3 is 1. The Bertz CT molecular complexity index is 873. The molecule has 1 unspecified atom stereocenters. The third-order valence-electron chi connectivity index (χ3n) is 4.51. The minimum Gasteiger partial charge on any atom is -0.495 e. The molecule has 0 aliphatic carbocycles. The fraction of sp³-hybridized carbons (Fsp3) is 0.409. The highest BCUT2D eigenvalue weighted by Gasteiger charge is 2.27. The third kappa shape index (κ3) is 4.80. The first-order valence-corrected chi connectivity index (χ1v) is 9.88. The number of carbonyl (C=O) groups is 1. The van der Waals surface area contributed by atoms with Gasteiger partial charge in [0.1, 0.15) is 11.9 Å². The number of benzene rings is 2. The van der Waals surface area contributed by atoms with Gasteiger partial charge in [0, 0.05) is 21.6 Å². The monoisotopic (exact) mass is 423 g/mol. The molecule has 0 bridgehead atoms. The molecular formula is C22H27Cl2NO3. The highest BCUT2D eigenvalue weighted by atomic mass is 35.5. The molecule has 0 aromatic heterocycles. The Balaban J connectivity index is 2.67. The smallest absolute Gasteiger partial charge is 0.229 e. The topological polar surface area (TPSA) is 58.6 Å². The van der Waals surface area contributed by atoms with Crippen LogP contribution < -0.4 is 10.1 Å². The third-order valence-corrected chi connectivity index (χ3v) is 5.13. The van der Waals surface area contributed by atoms with Crippen molar-refractivity contribution >= 4 is 34.8 Å². The molecule has 0 radical (unpaired) electrons. The number of hydrogen-bond acceptors (Lipinski definition) is 3. The summed E-state index contributed by atoms with van der Waals surface area (Å²) < 4.78 is 5.26. The predicted octanol–water partition coefficient (Wildman–Crippen LogP) is 6.19. The standard InChI is InChI=1S/C22H27Cl2NO3/c1-12(2)15-10-13(23)11-16(19(15)25-21(27)22(3,4)5)20(26)14-8-7-9-17(28-6)18(14)24/h7-12,20,26H,1-6H3,(H,25,27). The molecule has 4 nitrogen and oxygen atoms in total. The zero-order valence-electron chi connectivity index (χ0n) is 17.1. The van der Waals surface area contributed by atoms with Gasteiger partial charge in [-0.05, 0) is 29.7 Å². The van der Waals surface area contributed by atoms with Gasteiger partial charge < -0.3 is 15.2 Å². The minimum absolute atomic E-state index is 0.0840. The van der Waals surface area contributed by atoms with Gasteiger partial charge in [0.05, 0.1) is 17.8 Å². The van der Waals surface area contributed by atoms with Gasteiger partial charge in [-0.1, -0.05) is 70.0 Å². The van der Waals surface area contributed by atoms with Gasteiger partial charge in [0.25, 0.3) is 0 Å². The van der Waals surface area contributed by atoms with Crippen LogP contribution in [0, 0.1) is 5.41 Å². The lowest BCUT2D eigenvalue weighted by Crippen LogP contribution is -2.29. The molecule has 2 aromatic rings. The number of anilines is 1. The number of hydrogen-bond donors (Lipinski definition) is 2. The maximum Gasteiger partial charge on any atom is 0.229 e. The molecule has 6 heteroatoms. The van der Waals surface area contributed by atoms with Crippen LogP contribution in [-0.4, -0.2) is 18.1 Å². The van der Waals surface area contributed by atoms with Crippen molar-refractivity contribution in [2.24, 2.45) is 5.41 Å². The molecular weight excluding hydrogens is 397 g/mol. The van der Waals surface area contributed by atoms with E-state index in [4.69, 9.17) is 27.9 Å². The molecule has 0 fully saturated rings. The van der Waals surface area contributed by atoms with Crippen molar-refractivity contribution < 1.29 is 14.6 Å². The second-order valence-electron chi connectivity index (χ2n) is 8.08. The van der Waals surface area contributed by atoms with Crippen molar-refractivity contribution in [2.75, 3.05) is 12.4 Å². The summed E-state index contributed by atoms with van der Waals surface area (Å²) in [6.07, 6.45) is -1.09. The number of aliphatic hydroxyl groups is 1. The molecule has 0 aliphatic rings. The second kappa shape index (κ2) is 8.73. The molecule has 1 atom stereocenters. The fourth-order valence-electron chi connectivity index (χ4n) is 2.83. The number of ether oxygens (including phenoxy) is 1. The largest absolute Gasteiger partial charge is 0.495 e. The summed E-state index contributed by atoms with van der Waals surface area (Å²) in [4.78, 5) is 12.7. The summed E-state index contributed by atoms with van der Waals surface area (Å²) in [5.41, 5.74) is 1.78. The van der Waals surface area contributed by atoms with Crippen LogP contribution in [0.25, 0.3) is 0 Å². The molecule has 2 rings (SSSR count). The Kier molecular flexibility index (Phi) is 7.02. The quantitative estimate of drug-likeness (QED) is 0.602. The number of nitrogens with one attached hydrogen (secondary N) is 1. The Hall–Kier alpha value is -1.75. The lowest BCUT2D eigenvalue weighted by atomic mass is 9.90. The highest BCUT2D eigenvalue weighted by molar-refractivity contribution is 6.33. The van der Waals surface area contributed by atoms with Crippen LogP contribution >= 0.6 is 23.2 Å². The number of aliphatic hydroxyl groups excluding tert-OH is 1. The second-order valence-corrected chi connectivity index (χ2v) is 8.90. The van der Waals surface area contributed by atoms with E-state index in [1.165, 1.54) is 7.11 Å². The van der Waals surface area contributed by atoms with Crippen molar-refractivity contribution in [3.8, 4) is 5.75 Å². The molecule has 2 N–H and O–H groups in total. The molecule has 0 heterocycles. The average molecular weight is 424 g/mol. The van der Waals surface area contributed by atoms with Crippen LogP contribution in [0.1, 0.15) is 63.3 Å². The van der Waals surface area contributed by atoms with Crippen LogP contribution in [0.4, 0.5) is 5.69 Å². The predicted molar refractivity (Wildman–Crippen MR) is 116 cm³/mol. The minimum atomic E-state index is -1.09. The summed E-state index contributed by atoms with van der Waals surface area (Å²) in [7, 11) is 1.52. The van der Waals surface area contributed by atoms with Crippen molar-refractivity contribution in [3.05, 3.63) is 57.1 Å². The van der Waals surface area contributed by atoms with E-state index in [2.05, 4.69) is 5.32 Å². The van der Waals surface area contributed by atoms with E-state index in [-0.39, 0.29) is 11.8 Å². The first-order valence-electron chi connectivity index (χ1n) is 9.12. The van der Waals surface area contributed by atoms with Gasteiger partial charge in [-0.15, -0.1) is 0 Å². The summed E-state index contributed by atoms with van der Waals surface area (Å²) in [6.45, 7) is 9.52. The van der Waals surface area contributed by atoms with E-state index in [0.717, 1.165) is 5.56 Å². The summed E-state index contributed by atoms with van der Waals surface area (Å²) in [5.74, 6) is 0.396. The Labute approximate surface area is 176 Å². The average Bonchev–Trinajstić information content (AvgIpc) is 2.61. The molecule has 1 amide bonds. The lowest BCUT2D eigenvalue weighted by molar-refractivity contribution is -0.123. The van der Waals surface area contributed by atoms with Crippen molar-refractivity contribution in [1.29, 1.82) is 0 Å². The molecule has 152 valence electrons. The summed E-state index contributed by atoms with van der Waals surface area (Å²) >= 11 is 12.8. The van der Waals surface area contributed by atoms with E-state index >= 15 is 0 Å². The zero-order chi connectivity index (χ0) is 21.2. The van der Waals surface area contributed by atoms with Crippen molar-refractivity contribution in [3.63, 3.8) is 0 Å². The number of halogens is 2. The van der Waals surface area contributed by atoms with Crippen LogP contribution in [0.15, 0.2) is 30.3 Å². The van der Waals surface area contributed by atoms with Crippen LogP contribution in [0.3, 0.4) is 0 Å².